The van der Waals surface area contributed by atoms with Crippen molar-refractivity contribution in [3.05, 3.63) is 16.1 Å². The second-order valence-electron chi connectivity index (χ2n) is 4.13. The van der Waals surface area contributed by atoms with E-state index < -0.39 is 0 Å². The Morgan fingerprint density at radius 1 is 1.69 bits per heavy atom. The molecule has 2 heterocycles. The molecule has 1 aromatic rings. The first-order chi connectivity index (χ1) is 6.25. The van der Waals surface area contributed by atoms with Crippen molar-refractivity contribution >= 4 is 11.3 Å². The fraction of sp³-hybridized carbons (Fsp3) is 0.700. The van der Waals surface area contributed by atoms with E-state index in [4.69, 9.17) is 0 Å². The third kappa shape index (κ3) is 2.09. The van der Waals surface area contributed by atoms with E-state index >= 15 is 0 Å². The van der Waals surface area contributed by atoms with Crippen LogP contribution >= 0.6 is 11.3 Å². The number of hydrogen-bond donors (Lipinski definition) is 1. The smallest absolute Gasteiger partial charge is 0.0798 e. The van der Waals surface area contributed by atoms with E-state index in [-0.39, 0.29) is 0 Å². The molecule has 2 rings (SSSR count). The molecule has 1 aliphatic heterocycles. The summed E-state index contributed by atoms with van der Waals surface area (Å²) in [5.41, 5.74) is 3.23. The molecule has 1 unspecified atom stereocenters. The standard InChI is InChI=1S/C10H16N2S/c1-7(2)3-8-4-10-9(5-11-8)12-6-13-10/h6-8,11H,3-5H2,1-2H3. The molecule has 0 fully saturated rings. The number of rotatable bonds is 2. The molecule has 0 amide bonds. The molecule has 0 aromatic carbocycles. The van der Waals surface area contributed by atoms with Crippen LogP contribution in [0, 0.1) is 5.92 Å². The highest BCUT2D eigenvalue weighted by Crippen LogP contribution is 2.22. The van der Waals surface area contributed by atoms with E-state index in [9.17, 15) is 0 Å². The van der Waals surface area contributed by atoms with Crippen molar-refractivity contribution in [3.63, 3.8) is 0 Å². The molecule has 1 aliphatic rings. The van der Waals surface area contributed by atoms with Crippen molar-refractivity contribution in [2.45, 2.75) is 39.3 Å². The first-order valence-corrected chi connectivity index (χ1v) is 5.78. The van der Waals surface area contributed by atoms with Crippen LogP contribution < -0.4 is 5.32 Å². The number of fused-ring (bicyclic) bond motifs is 1. The Labute approximate surface area is 83.4 Å². The number of aromatic nitrogens is 1. The lowest BCUT2D eigenvalue weighted by Gasteiger charge is -2.24. The van der Waals surface area contributed by atoms with Crippen LogP contribution in [0.4, 0.5) is 0 Å². The fourth-order valence-corrected chi connectivity index (χ4v) is 2.74. The quantitative estimate of drug-likeness (QED) is 0.784. The number of thiazole rings is 1. The summed E-state index contributed by atoms with van der Waals surface area (Å²) >= 11 is 1.81. The summed E-state index contributed by atoms with van der Waals surface area (Å²) in [6.45, 7) is 5.53. The van der Waals surface area contributed by atoms with Crippen molar-refractivity contribution in [1.82, 2.24) is 10.3 Å². The van der Waals surface area contributed by atoms with Crippen molar-refractivity contribution < 1.29 is 0 Å². The normalized spacial score (nSPS) is 21.9. The Bertz CT molecular complexity index is 280. The molecule has 1 atom stereocenters. The predicted octanol–water partition coefficient (Wildman–Crippen LogP) is 2.20. The maximum atomic E-state index is 4.33. The van der Waals surface area contributed by atoms with E-state index in [0.29, 0.717) is 6.04 Å². The van der Waals surface area contributed by atoms with Gasteiger partial charge in [-0.3, -0.25) is 0 Å². The van der Waals surface area contributed by atoms with Crippen molar-refractivity contribution in [3.8, 4) is 0 Å². The molecule has 2 nitrogen and oxygen atoms in total. The highest BCUT2D eigenvalue weighted by Gasteiger charge is 2.20. The van der Waals surface area contributed by atoms with Gasteiger partial charge in [0.2, 0.25) is 0 Å². The summed E-state index contributed by atoms with van der Waals surface area (Å²) in [4.78, 5) is 5.82. The minimum atomic E-state index is 0.674. The first-order valence-electron chi connectivity index (χ1n) is 4.90. The van der Waals surface area contributed by atoms with Crippen LogP contribution in [0.1, 0.15) is 30.8 Å². The minimum absolute atomic E-state index is 0.674. The van der Waals surface area contributed by atoms with Gasteiger partial charge in [0, 0.05) is 17.5 Å². The van der Waals surface area contributed by atoms with E-state index in [1.54, 1.807) is 11.3 Å². The Morgan fingerprint density at radius 2 is 2.54 bits per heavy atom. The van der Waals surface area contributed by atoms with Gasteiger partial charge < -0.3 is 5.32 Å². The average Bonchev–Trinajstić information content (AvgIpc) is 2.49. The van der Waals surface area contributed by atoms with Crippen LogP contribution in [0.5, 0.6) is 0 Å². The number of nitrogens with one attached hydrogen (secondary N) is 1. The summed E-state index contributed by atoms with van der Waals surface area (Å²) in [5, 5.41) is 3.54. The second kappa shape index (κ2) is 3.76. The summed E-state index contributed by atoms with van der Waals surface area (Å²) < 4.78 is 0. The Balaban J connectivity index is 2.00. The maximum Gasteiger partial charge on any atom is 0.0798 e. The fourth-order valence-electron chi connectivity index (χ4n) is 1.88. The summed E-state index contributed by atoms with van der Waals surface area (Å²) in [6.07, 6.45) is 2.45. The molecule has 3 heteroatoms. The van der Waals surface area contributed by atoms with Crippen LogP contribution in [0.3, 0.4) is 0 Å². The predicted molar refractivity (Wildman–Crippen MR) is 55.9 cm³/mol. The SMILES string of the molecule is CC(C)CC1Cc2scnc2CN1. The highest BCUT2D eigenvalue weighted by molar-refractivity contribution is 7.09. The van der Waals surface area contributed by atoms with Gasteiger partial charge in [-0.2, -0.15) is 0 Å². The molecule has 0 spiro atoms. The molecule has 0 radical (unpaired) electrons. The molecule has 0 saturated heterocycles. The number of nitrogens with zero attached hydrogens (tertiary/aromatic N) is 1. The van der Waals surface area contributed by atoms with Crippen LogP contribution in [0.25, 0.3) is 0 Å². The molecule has 1 aromatic heterocycles. The third-order valence-electron chi connectivity index (χ3n) is 2.47. The topological polar surface area (TPSA) is 24.9 Å². The zero-order valence-electron chi connectivity index (χ0n) is 8.21. The zero-order chi connectivity index (χ0) is 9.26. The maximum absolute atomic E-state index is 4.33. The molecule has 1 N–H and O–H groups in total. The Kier molecular flexibility index (Phi) is 2.65. The summed E-state index contributed by atoms with van der Waals surface area (Å²) in [7, 11) is 0. The summed E-state index contributed by atoms with van der Waals surface area (Å²) in [5.74, 6) is 0.784. The van der Waals surface area contributed by atoms with E-state index in [1.807, 2.05) is 5.51 Å². The Hall–Kier alpha value is -0.410. The minimum Gasteiger partial charge on any atom is -0.308 e. The highest BCUT2D eigenvalue weighted by atomic mass is 32.1. The monoisotopic (exact) mass is 196 g/mol. The molecular weight excluding hydrogens is 180 g/mol. The van der Waals surface area contributed by atoms with Crippen LogP contribution in [0.15, 0.2) is 5.51 Å². The third-order valence-corrected chi connectivity index (χ3v) is 3.37. The average molecular weight is 196 g/mol. The molecule has 72 valence electrons. The van der Waals surface area contributed by atoms with Crippen molar-refractivity contribution in [1.29, 1.82) is 0 Å². The molecule has 13 heavy (non-hydrogen) atoms. The lowest BCUT2D eigenvalue weighted by Crippen LogP contribution is -2.36. The van der Waals surface area contributed by atoms with Gasteiger partial charge >= 0.3 is 0 Å². The number of hydrogen-bond acceptors (Lipinski definition) is 3. The zero-order valence-corrected chi connectivity index (χ0v) is 9.03. The first kappa shape index (κ1) is 9.16. The van der Waals surface area contributed by atoms with Crippen molar-refractivity contribution in [2.75, 3.05) is 0 Å². The van der Waals surface area contributed by atoms with Gasteiger partial charge in [-0.15, -0.1) is 11.3 Å². The van der Waals surface area contributed by atoms with Crippen LogP contribution in [0.2, 0.25) is 0 Å². The van der Waals surface area contributed by atoms with Gasteiger partial charge in [0.15, 0.2) is 0 Å². The lowest BCUT2D eigenvalue weighted by atomic mass is 9.97. The Morgan fingerprint density at radius 3 is 3.31 bits per heavy atom. The second-order valence-corrected chi connectivity index (χ2v) is 5.07. The molecule has 0 aliphatic carbocycles. The molecule has 0 bridgehead atoms. The lowest BCUT2D eigenvalue weighted by molar-refractivity contribution is 0.398. The van der Waals surface area contributed by atoms with Crippen LogP contribution in [-0.4, -0.2) is 11.0 Å². The van der Waals surface area contributed by atoms with Gasteiger partial charge in [-0.25, -0.2) is 4.98 Å². The van der Waals surface area contributed by atoms with Gasteiger partial charge in [0.25, 0.3) is 0 Å². The van der Waals surface area contributed by atoms with Crippen LogP contribution in [-0.2, 0) is 13.0 Å². The largest absolute Gasteiger partial charge is 0.308 e. The summed E-state index contributed by atoms with van der Waals surface area (Å²) in [6, 6.07) is 0.674. The molecule has 0 saturated carbocycles. The molecular formula is C10H16N2S. The van der Waals surface area contributed by atoms with E-state index in [1.165, 1.54) is 23.4 Å². The van der Waals surface area contributed by atoms with E-state index in [2.05, 4.69) is 24.1 Å². The van der Waals surface area contributed by atoms with E-state index in [0.717, 1.165) is 12.5 Å². The van der Waals surface area contributed by atoms with Gasteiger partial charge in [-0.1, -0.05) is 13.8 Å². The van der Waals surface area contributed by atoms with Gasteiger partial charge in [-0.05, 0) is 18.8 Å². The van der Waals surface area contributed by atoms with Gasteiger partial charge in [0.05, 0.1) is 11.2 Å². The van der Waals surface area contributed by atoms with Crippen molar-refractivity contribution in [2.24, 2.45) is 5.92 Å². The van der Waals surface area contributed by atoms with Gasteiger partial charge in [0.1, 0.15) is 0 Å².